The van der Waals surface area contributed by atoms with Crippen molar-refractivity contribution in [2.24, 2.45) is 7.05 Å². The summed E-state index contributed by atoms with van der Waals surface area (Å²) in [5.41, 5.74) is 5.49. The number of rotatable bonds is 3. The van der Waals surface area contributed by atoms with Crippen LogP contribution in [0.3, 0.4) is 0 Å². The molecule has 0 spiro atoms. The molecular weight excluding hydrogens is 261 g/mol. The summed E-state index contributed by atoms with van der Waals surface area (Å²) in [6.07, 6.45) is 1.18. The molecule has 3 N–H and O–H groups in total. The van der Waals surface area contributed by atoms with Gasteiger partial charge < -0.3 is 5.73 Å². The lowest BCUT2D eigenvalue weighted by Crippen LogP contribution is -2.17. The van der Waals surface area contributed by atoms with Gasteiger partial charge in [-0.3, -0.25) is 0 Å². The van der Waals surface area contributed by atoms with E-state index in [-0.39, 0.29) is 11.6 Å². The summed E-state index contributed by atoms with van der Waals surface area (Å²) in [5, 5.41) is 3.70. The van der Waals surface area contributed by atoms with Gasteiger partial charge in [0.25, 0.3) is 10.0 Å². The molecule has 96 valence electrons. The second-order valence-electron chi connectivity index (χ2n) is 3.50. The van der Waals surface area contributed by atoms with Crippen molar-refractivity contribution in [3.63, 3.8) is 0 Å². The van der Waals surface area contributed by atoms with Crippen LogP contribution in [-0.4, -0.2) is 23.2 Å². The molecule has 0 aliphatic rings. The molecule has 2 aromatic rings. The zero-order valence-electron chi connectivity index (χ0n) is 9.33. The van der Waals surface area contributed by atoms with Gasteiger partial charge in [-0.05, 0) is 18.2 Å². The molecule has 9 heteroatoms. The highest BCUT2D eigenvalue weighted by molar-refractivity contribution is 7.92. The van der Waals surface area contributed by atoms with Gasteiger partial charge in [0.15, 0.2) is 0 Å². The maximum absolute atomic E-state index is 13.5. The van der Waals surface area contributed by atoms with Crippen molar-refractivity contribution < 1.29 is 12.8 Å². The van der Waals surface area contributed by atoms with Crippen LogP contribution in [0.4, 0.5) is 16.0 Å². The normalized spacial score (nSPS) is 11.4. The van der Waals surface area contributed by atoms with Crippen molar-refractivity contribution in [3.8, 4) is 0 Å². The fourth-order valence-corrected chi connectivity index (χ4v) is 2.40. The zero-order chi connectivity index (χ0) is 13.3. The molecular formula is C9H10FN5O2S. The average Bonchev–Trinajstić information content (AvgIpc) is 2.63. The van der Waals surface area contributed by atoms with Crippen LogP contribution in [0.1, 0.15) is 0 Å². The Labute approximate surface area is 102 Å². The van der Waals surface area contributed by atoms with Crippen molar-refractivity contribution in [1.29, 1.82) is 0 Å². The van der Waals surface area contributed by atoms with E-state index in [0.29, 0.717) is 0 Å². The van der Waals surface area contributed by atoms with E-state index >= 15 is 0 Å². The van der Waals surface area contributed by atoms with E-state index < -0.39 is 20.7 Å². The van der Waals surface area contributed by atoms with Gasteiger partial charge in [0.1, 0.15) is 17.0 Å². The van der Waals surface area contributed by atoms with Crippen LogP contribution in [0.15, 0.2) is 29.4 Å². The first-order valence-electron chi connectivity index (χ1n) is 4.82. The topological polar surface area (TPSA) is 103 Å². The summed E-state index contributed by atoms with van der Waals surface area (Å²) in [4.78, 5) is 3.19. The number of aromatic nitrogens is 3. The Balaban J connectivity index is 2.40. The molecule has 18 heavy (non-hydrogen) atoms. The van der Waals surface area contributed by atoms with Crippen LogP contribution >= 0.6 is 0 Å². The Morgan fingerprint density at radius 3 is 2.72 bits per heavy atom. The Bertz CT molecular complexity index is 682. The van der Waals surface area contributed by atoms with Crippen LogP contribution < -0.4 is 10.5 Å². The molecule has 0 aliphatic heterocycles. The summed E-state index contributed by atoms with van der Waals surface area (Å²) in [7, 11) is -2.55. The molecule has 0 fully saturated rings. The van der Waals surface area contributed by atoms with Gasteiger partial charge in [0.2, 0.25) is 5.95 Å². The number of anilines is 2. The van der Waals surface area contributed by atoms with E-state index in [0.717, 1.165) is 12.1 Å². The molecule has 0 saturated heterocycles. The Hall–Kier alpha value is -2.16. The smallest absolute Gasteiger partial charge is 0.267 e. The van der Waals surface area contributed by atoms with Crippen LogP contribution in [0.25, 0.3) is 0 Å². The second kappa shape index (κ2) is 4.26. The summed E-state index contributed by atoms with van der Waals surface area (Å²) in [5.74, 6) is -0.934. The fourth-order valence-electron chi connectivity index (χ4n) is 1.30. The molecule has 7 nitrogen and oxygen atoms in total. The van der Waals surface area contributed by atoms with E-state index in [4.69, 9.17) is 5.73 Å². The minimum absolute atomic E-state index is 0.00812. The van der Waals surface area contributed by atoms with Gasteiger partial charge in [0, 0.05) is 12.7 Å². The summed E-state index contributed by atoms with van der Waals surface area (Å²) < 4.78 is 40.7. The molecule has 0 bridgehead atoms. The monoisotopic (exact) mass is 271 g/mol. The van der Waals surface area contributed by atoms with Crippen molar-refractivity contribution in [3.05, 3.63) is 30.3 Å². The quantitative estimate of drug-likeness (QED) is 0.783. The van der Waals surface area contributed by atoms with Crippen LogP contribution in [-0.2, 0) is 17.1 Å². The molecule has 0 radical (unpaired) electrons. The lowest BCUT2D eigenvalue weighted by molar-refractivity contribution is 0.570. The second-order valence-corrected chi connectivity index (χ2v) is 5.15. The maximum atomic E-state index is 13.5. The number of halogens is 1. The van der Waals surface area contributed by atoms with Crippen molar-refractivity contribution in [1.82, 2.24) is 14.8 Å². The van der Waals surface area contributed by atoms with Gasteiger partial charge in [-0.2, -0.15) is 10.1 Å². The SMILES string of the molecule is Cn1ncnc1NS(=O)(=O)c1ccc(N)cc1F. The number of aryl methyl sites for hydroxylation is 1. The zero-order valence-corrected chi connectivity index (χ0v) is 10.1. The molecule has 0 unspecified atom stereocenters. The number of sulfonamides is 1. The maximum Gasteiger partial charge on any atom is 0.267 e. The Morgan fingerprint density at radius 1 is 1.44 bits per heavy atom. The van der Waals surface area contributed by atoms with Gasteiger partial charge in [0.05, 0.1) is 0 Å². The number of nitrogens with zero attached hydrogens (tertiary/aromatic N) is 3. The van der Waals surface area contributed by atoms with Crippen LogP contribution in [0.5, 0.6) is 0 Å². The Kier molecular flexibility index (Phi) is 2.91. The van der Waals surface area contributed by atoms with Gasteiger partial charge in [-0.15, -0.1) is 0 Å². The summed E-state index contributed by atoms with van der Waals surface area (Å²) in [6, 6.07) is 3.32. The molecule has 2 rings (SSSR count). The van der Waals surface area contributed by atoms with Crippen molar-refractivity contribution in [2.45, 2.75) is 4.90 Å². The highest BCUT2D eigenvalue weighted by Gasteiger charge is 2.20. The van der Waals surface area contributed by atoms with E-state index in [2.05, 4.69) is 14.8 Å². The summed E-state index contributed by atoms with van der Waals surface area (Å²) in [6.45, 7) is 0. The standard InChI is InChI=1S/C9H10FN5O2S/c1-15-9(12-5-13-15)14-18(16,17)8-3-2-6(11)4-7(8)10/h2-5H,11H2,1H3,(H,12,13,14). The summed E-state index contributed by atoms with van der Waals surface area (Å²) >= 11 is 0. The number of hydrogen-bond acceptors (Lipinski definition) is 5. The molecule has 1 aromatic heterocycles. The lowest BCUT2D eigenvalue weighted by atomic mass is 10.3. The van der Waals surface area contributed by atoms with Gasteiger partial charge in [-0.1, -0.05) is 0 Å². The van der Waals surface area contributed by atoms with Gasteiger partial charge >= 0.3 is 0 Å². The predicted molar refractivity (Wildman–Crippen MR) is 62.6 cm³/mol. The van der Waals surface area contributed by atoms with E-state index in [1.54, 1.807) is 0 Å². The number of nitrogens with two attached hydrogens (primary N) is 1. The third kappa shape index (κ3) is 2.25. The fraction of sp³-hybridized carbons (Fsp3) is 0.111. The molecule has 0 amide bonds. The first-order valence-corrected chi connectivity index (χ1v) is 6.30. The Morgan fingerprint density at radius 2 is 2.17 bits per heavy atom. The number of benzene rings is 1. The van der Waals surface area contributed by atoms with E-state index in [1.165, 1.54) is 24.1 Å². The predicted octanol–water partition coefficient (Wildman–Crippen LogP) is 0.337. The average molecular weight is 271 g/mol. The highest BCUT2D eigenvalue weighted by atomic mass is 32.2. The largest absolute Gasteiger partial charge is 0.399 e. The third-order valence-electron chi connectivity index (χ3n) is 2.18. The van der Waals surface area contributed by atoms with Crippen molar-refractivity contribution in [2.75, 3.05) is 10.5 Å². The lowest BCUT2D eigenvalue weighted by Gasteiger charge is -2.07. The van der Waals surface area contributed by atoms with Gasteiger partial charge in [-0.25, -0.2) is 22.2 Å². The molecule has 0 saturated carbocycles. The van der Waals surface area contributed by atoms with E-state index in [1.807, 2.05) is 0 Å². The van der Waals surface area contributed by atoms with E-state index in [9.17, 15) is 12.8 Å². The first kappa shape index (κ1) is 12.3. The van der Waals surface area contributed by atoms with Crippen LogP contribution in [0, 0.1) is 5.82 Å². The number of nitrogens with one attached hydrogen (secondary N) is 1. The van der Waals surface area contributed by atoms with Crippen LogP contribution in [0.2, 0.25) is 0 Å². The molecule has 1 aromatic carbocycles. The third-order valence-corrected chi connectivity index (χ3v) is 3.54. The minimum atomic E-state index is -4.06. The molecule has 0 aliphatic carbocycles. The molecule has 0 atom stereocenters. The molecule has 1 heterocycles. The highest BCUT2D eigenvalue weighted by Crippen LogP contribution is 2.19. The minimum Gasteiger partial charge on any atom is -0.399 e. The number of nitrogen functional groups attached to an aromatic ring is 1. The first-order chi connectivity index (χ1) is 8.40. The number of hydrogen-bond donors (Lipinski definition) is 2. The van der Waals surface area contributed by atoms with Crippen molar-refractivity contribution >= 4 is 21.7 Å².